The molecule has 1 aliphatic heterocycles. The highest BCUT2D eigenvalue weighted by Crippen LogP contribution is 2.16. The van der Waals surface area contributed by atoms with Gasteiger partial charge in [-0.3, -0.25) is 9.67 Å². The second-order valence-corrected chi connectivity index (χ2v) is 5.06. The Bertz CT molecular complexity index is 607. The van der Waals surface area contributed by atoms with Crippen LogP contribution in [0, 0.1) is 0 Å². The molecular formula is C15H19N5O2. The summed E-state index contributed by atoms with van der Waals surface area (Å²) in [6.07, 6.45) is 7.31. The summed E-state index contributed by atoms with van der Waals surface area (Å²) in [5.41, 5.74) is 2.13. The van der Waals surface area contributed by atoms with Crippen LogP contribution in [0.4, 0.5) is 4.79 Å². The summed E-state index contributed by atoms with van der Waals surface area (Å²) in [5, 5.41) is 7.22. The number of aromatic nitrogens is 3. The number of carbonyl (C=O) groups excluding carboxylic acids is 1. The van der Waals surface area contributed by atoms with Gasteiger partial charge in [-0.15, -0.1) is 0 Å². The zero-order valence-corrected chi connectivity index (χ0v) is 12.3. The molecule has 0 unspecified atom stereocenters. The maximum absolute atomic E-state index is 11.9. The zero-order chi connectivity index (χ0) is 15.2. The number of hydrogen-bond acceptors (Lipinski definition) is 4. The fraction of sp³-hybridized carbons (Fsp3) is 0.400. The zero-order valence-electron chi connectivity index (χ0n) is 12.3. The normalized spacial score (nSPS) is 14.8. The number of carbonyl (C=O) groups is 1. The van der Waals surface area contributed by atoms with E-state index in [1.807, 2.05) is 29.2 Å². The van der Waals surface area contributed by atoms with Crippen LogP contribution in [-0.2, 0) is 11.3 Å². The third kappa shape index (κ3) is 3.62. The molecule has 7 nitrogen and oxygen atoms in total. The van der Waals surface area contributed by atoms with Crippen molar-refractivity contribution in [3.05, 3.63) is 36.9 Å². The first kappa shape index (κ1) is 14.5. The Morgan fingerprint density at radius 3 is 2.77 bits per heavy atom. The highest BCUT2D eigenvalue weighted by atomic mass is 16.5. The number of pyridine rings is 1. The molecule has 1 aliphatic rings. The van der Waals surface area contributed by atoms with E-state index >= 15 is 0 Å². The Morgan fingerprint density at radius 1 is 1.23 bits per heavy atom. The number of nitrogens with one attached hydrogen (secondary N) is 1. The molecule has 0 atom stereocenters. The van der Waals surface area contributed by atoms with Gasteiger partial charge in [0.15, 0.2) is 0 Å². The van der Waals surface area contributed by atoms with Gasteiger partial charge in [0.1, 0.15) is 0 Å². The Morgan fingerprint density at radius 2 is 2.00 bits per heavy atom. The molecule has 3 heterocycles. The second kappa shape index (κ2) is 7.04. The highest BCUT2D eigenvalue weighted by molar-refractivity contribution is 5.74. The highest BCUT2D eigenvalue weighted by Gasteiger charge is 2.15. The molecule has 3 rings (SSSR count). The molecule has 2 amide bonds. The minimum atomic E-state index is -0.0372. The summed E-state index contributed by atoms with van der Waals surface area (Å²) in [5.74, 6) is 0. The molecule has 0 spiro atoms. The summed E-state index contributed by atoms with van der Waals surface area (Å²) >= 11 is 0. The first-order valence-electron chi connectivity index (χ1n) is 7.36. The molecule has 2 aromatic rings. The fourth-order valence-corrected chi connectivity index (χ4v) is 2.33. The molecule has 0 bridgehead atoms. The number of hydrogen-bond donors (Lipinski definition) is 1. The van der Waals surface area contributed by atoms with Gasteiger partial charge in [0.2, 0.25) is 0 Å². The van der Waals surface area contributed by atoms with Crippen molar-refractivity contribution in [2.75, 3.05) is 32.8 Å². The monoisotopic (exact) mass is 301 g/mol. The van der Waals surface area contributed by atoms with Crippen molar-refractivity contribution in [2.24, 2.45) is 0 Å². The van der Waals surface area contributed by atoms with Crippen LogP contribution < -0.4 is 5.32 Å². The van der Waals surface area contributed by atoms with Gasteiger partial charge < -0.3 is 15.0 Å². The summed E-state index contributed by atoms with van der Waals surface area (Å²) in [6.45, 7) is 3.72. The van der Waals surface area contributed by atoms with Crippen LogP contribution in [-0.4, -0.2) is 58.5 Å². The topological polar surface area (TPSA) is 72.3 Å². The first-order valence-corrected chi connectivity index (χ1v) is 7.36. The maximum atomic E-state index is 11.9. The van der Waals surface area contributed by atoms with Crippen LogP contribution in [0.2, 0.25) is 0 Å². The molecular weight excluding hydrogens is 282 g/mol. The van der Waals surface area contributed by atoms with E-state index in [1.54, 1.807) is 17.3 Å². The van der Waals surface area contributed by atoms with E-state index in [0.717, 1.165) is 11.1 Å². The largest absolute Gasteiger partial charge is 0.378 e. The van der Waals surface area contributed by atoms with E-state index in [0.29, 0.717) is 39.4 Å². The van der Waals surface area contributed by atoms with Crippen LogP contribution >= 0.6 is 0 Å². The van der Waals surface area contributed by atoms with Gasteiger partial charge in [-0.25, -0.2) is 4.79 Å². The molecule has 0 saturated carbocycles. The van der Waals surface area contributed by atoms with Gasteiger partial charge in [-0.2, -0.15) is 5.10 Å². The van der Waals surface area contributed by atoms with Crippen LogP contribution in [0.1, 0.15) is 0 Å². The molecule has 0 aromatic carbocycles. The lowest BCUT2D eigenvalue weighted by atomic mass is 10.1. The number of morpholine rings is 1. The van der Waals surface area contributed by atoms with Crippen LogP contribution in [0.15, 0.2) is 36.9 Å². The number of ether oxygens (including phenoxy) is 1. The fourth-order valence-electron chi connectivity index (χ4n) is 2.33. The van der Waals surface area contributed by atoms with Gasteiger partial charge in [-0.05, 0) is 17.7 Å². The molecule has 2 aromatic heterocycles. The first-order chi connectivity index (χ1) is 10.8. The molecule has 1 N–H and O–H groups in total. The van der Waals surface area contributed by atoms with Gasteiger partial charge in [0, 0.05) is 43.8 Å². The molecule has 0 aliphatic carbocycles. The van der Waals surface area contributed by atoms with Crippen molar-refractivity contribution in [2.45, 2.75) is 6.54 Å². The second-order valence-electron chi connectivity index (χ2n) is 5.06. The smallest absolute Gasteiger partial charge is 0.317 e. The Kier molecular flexibility index (Phi) is 4.65. The summed E-state index contributed by atoms with van der Waals surface area (Å²) in [4.78, 5) is 17.7. The van der Waals surface area contributed by atoms with Gasteiger partial charge in [-0.1, -0.05) is 0 Å². The number of urea groups is 1. The molecule has 1 saturated heterocycles. The molecule has 116 valence electrons. The third-order valence-electron chi connectivity index (χ3n) is 3.56. The van der Waals surface area contributed by atoms with Crippen LogP contribution in [0.25, 0.3) is 11.1 Å². The van der Waals surface area contributed by atoms with Crippen molar-refractivity contribution in [3.63, 3.8) is 0 Å². The van der Waals surface area contributed by atoms with Crippen LogP contribution in [0.3, 0.4) is 0 Å². The van der Waals surface area contributed by atoms with Crippen molar-refractivity contribution in [1.29, 1.82) is 0 Å². The van der Waals surface area contributed by atoms with Crippen molar-refractivity contribution < 1.29 is 9.53 Å². The predicted molar refractivity (Wildman–Crippen MR) is 81.2 cm³/mol. The lowest BCUT2D eigenvalue weighted by Crippen LogP contribution is -2.46. The lowest BCUT2D eigenvalue weighted by molar-refractivity contribution is 0.0532. The minimum absolute atomic E-state index is 0.0372. The van der Waals surface area contributed by atoms with E-state index in [4.69, 9.17) is 4.74 Å². The molecule has 0 radical (unpaired) electrons. The summed E-state index contributed by atoms with van der Waals surface area (Å²) in [7, 11) is 0. The summed E-state index contributed by atoms with van der Waals surface area (Å²) in [6, 6.07) is 3.85. The maximum Gasteiger partial charge on any atom is 0.317 e. The standard InChI is InChI=1S/C15H19N5O2/c21-15(19-7-9-22-10-8-19)17-5-6-20-12-14(11-18-20)13-1-3-16-4-2-13/h1-4,11-12H,5-10H2,(H,17,21). The quantitative estimate of drug-likeness (QED) is 0.914. The van der Waals surface area contributed by atoms with E-state index in [1.165, 1.54) is 0 Å². The Labute approximate surface area is 128 Å². The number of nitrogens with zero attached hydrogens (tertiary/aromatic N) is 4. The number of rotatable bonds is 4. The van der Waals surface area contributed by atoms with Gasteiger partial charge in [0.05, 0.1) is 26.0 Å². The molecule has 7 heteroatoms. The SMILES string of the molecule is O=C(NCCn1cc(-c2ccncc2)cn1)N1CCOCC1. The van der Waals surface area contributed by atoms with Crippen molar-refractivity contribution >= 4 is 6.03 Å². The number of amides is 2. The lowest BCUT2D eigenvalue weighted by Gasteiger charge is -2.26. The third-order valence-corrected chi connectivity index (χ3v) is 3.56. The van der Waals surface area contributed by atoms with E-state index in [2.05, 4.69) is 15.4 Å². The van der Waals surface area contributed by atoms with E-state index in [-0.39, 0.29) is 6.03 Å². The van der Waals surface area contributed by atoms with Crippen molar-refractivity contribution in [3.8, 4) is 11.1 Å². The Balaban J connectivity index is 1.48. The molecule has 22 heavy (non-hydrogen) atoms. The average Bonchev–Trinajstić information content (AvgIpc) is 3.05. The molecule has 1 fully saturated rings. The average molecular weight is 301 g/mol. The van der Waals surface area contributed by atoms with Crippen LogP contribution in [0.5, 0.6) is 0 Å². The van der Waals surface area contributed by atoms with E-state index < -0.39 is 0 Å². The minimum Gasteiger partial charge on any atom is -0.378 e. The van der Waals surface area contributed by atoms with E-state index in [9.17, 15) is 4.79 Å². The predicted octanol–water partition coefficient (Wildman–Crippen LogP) is 0.987. The Hall–Kier alpha value is -2.41. The summed E-state index contributed by atoms with van der Waals surface area (Å²) < 4.78 is 7.06. The van der Waals surface area contributed by atoms with Gasteiger partial charge >= 0.3 is 6.03 Å². The van der Waals surface area contributed by atoms with Gasteiger partial charge in [0.25, 0.3) is 0 Å². The van der Waals surface area contributed by atoms with Crippen molar-refractivity contribution in [1.82, 2.24) is 25.0 Å².